The van der Waals surface area contributed by atoms with Crippen molar-refractivity contribution in [3.05, 3.63) is 77.0 Å². The van der Waals surface area contributed by atoms with Gasteiger partial charge in [-0.15, -0.1) is 0 Å². The topological polar surface area (TPSA) is 81.1 Å². The van der Waals surface area contributed by atoms with Gasteiger partial charge in [-0.3, -0.25) is 4.79 Å². The number of carbonyl (C=O) groups excluding carboxylic acids is 1. The van der Waals surface area contributed by atoms with Gasteiger partial charge in [0.2, 0.25) is 0 Å². The molecular formula is C19H17N3O3S. The third-order valence-electron chi connectivity index (χ3n) is 4.33. The van der Waals surface area contributed by atoms with Crippen LogP contribution in [0.3, 0.4) is 0 Å². The number of nitrogens with one attached hydrogen (secondary N) is 1. The molecule has 0 saturated heterocycles. The maximum absolute atomic E-state index is 12.6. The predicted octanol–water partition coefficient (Wildman–Crippen LogP) is 2.86. The summed E-state index contributed by atoms with van der Waals surface area (Å²) in [6, 6.07) is 16.5. The molecule has 7 heteroatoms. The molecule has 6 nitrogen and oxygen atoms in total. The van der Waals surface area contributed by atoms with Crippen molar-refractivity contribution in [2.45, 2.75) is 18.4 Å². The molecule has 1 N–H and O–H groups in total. The van der Waals surface area contributed by atoms with E-state index in [1.165, 1.54) is 0 Å². The number of anilines is 1. The van der Waals surface area contributed by atoms with Crippen molar-refractivity contribution >= 4 is 21.6 Å². The number of aryl methyl sites for hydroxylation is 1. The molecule has 0 fully saturated rings. The van der Waals surface area contributed by atoms with Gasteiger partial charge < -0.3 is 5.32 Å². The van der Waals surface area contributed by atoms with Gasteiger partial charge in [-0.25, -0.2) is 13.1 Å². The molecule has 0 spiro atoms. The summed E-state index contributed by atoms with van der Waals surface area (Å²) in [5.41, 5.74) is 3.43. The van der Waals surface area contributed by atoms with Crippen LogP contribution in [0, 0.1) is 6.92 Å². The molecule has 0 radical (unpaired) electrons. The summed E-state index contributed by atoms with van der Waals surface area (Å²) in [6.45, 7) is 1.98. The highest BCUT2D eigenvalue weighted by Gasteiger charge is 2.33. The second-order valence-electron chi connectivity index (χ2n) is 6.37. The van der Waals surface area contributed by atoms with E-state index in [9.17, 15) is 13.2 Å². The van der Waals surface area contributed by atoms with Crippen LogP contribution >= 0.6 is 0 Å². The summed E-state index contributed by atoms with van der Waals surface area (Å²) in [7, 11) is -3.22. The number of hydrogen-bond acceptors (Lipinski definition) is 4. The third-order valence-corrected chi connectivity index (χ3v) is 5.78. The number of benzene rings is 2. The lowest BCUT2D eigenvalue weighted by Gasteiger charge is -2.11. The van der Waals surface area contributed by atoms with Crippen molar-refractivity contribution in [3.8, 4) is 5.69 Å². The molecule has 2 heterocycles. The Morgan fingerprint density at radius 2 is 1.73 bits per heavy atom. The normalized spacial score (nSPS) is 14.8. The fourth-order valence-corrected chi connectivity index (χ4v) is 4.51. The van der Waals surface area contributed by atoms with Gasteiger partial charge in [0.25, 0.3) is 5.91 Å². The molecule has 1 aliphatic rings. The Morgan fingerprint density at radius 3 is 2.42 bits per heavy atom. The van der Waals surface area contributed by atoms with E-state index in [0.29, 0.717) is 22.6 Å². The molecule has 26 heavy (non-hydrogen) atoms. The van der Waals surface area contributed by atoms with Crippen molar-refractivity contribution in [2.75, 3.05) is 5.32 Å². The minimum absolute atomic E-state index is 0.102. The number of sulfone groups is 1. The van der Waals surface area contributed by atoms with Crippen LogP contribution in [0.5, 0.6) is 0 Å². The predicted molar refractivity (Wildman–Crippen MR) is 99.0 cm³/mol. The van der Waals surface area contributed by atoms with Crippen LogP contribution in [0.4, 0.5) is 5.82 Å². The smallest absolute Gasteiger partial charge is 0.256 e. The van der Waals surface area contributed by atoms with Crippen molar-refractivity contribution in [1.29, 1.82) is 0 Å². The van der Waals surface area contributed by atoms with E-state index in [-0.39, 0.29) is 17.4 Å². The van der Waals surface area contributed by atoms with Gasteiger partial charge in [0.05, 0.1) is 22.9 Å². The summed E-state index contributed by atoms with van der Waals surface area (Å²) in [4.78, 5) is 12.6. The molecule has 0 atom stereocenters. The van der Waals surface area contributed by atoms with Crippen molar-refractivity contribution in [1.82, 2.24) is 9.78 Å². The number of amides is 1. The largest absolute Gasteiger partial charge is 0.306 e. The molecule has 1 aliphatic heterocycles. The first-order valence-electron chi connectivity index (χ1n) is 8.17. The fraction of sp³-hybridized carbons (Fsp3) is 0.158. The van der Waals surface area contributed by atoms with E-state index in [0.717, 1.165) is 11.3 Å². The highest BCUT2D eigenvalue weighted by atomic mass is 32.2. The summed E-state index contributed by atoms with van der Waals surface area (Å²) in [6.07, 6.45) is 0. The van der Waals surface area contributed by atoms with Crippen LogP contribution in [0.1, 0.15) is 27.2 Å². The SMILES string of the molecule is Cc1ccc(-n2nc3c(c2NC(=O)c2ccccc2)CS(=O)(=O)C3)cc1. The van der Waals surface area contributed by atoms with Crippen LogP contribution in [0.25, 0.3) is 5.69 Å². The number of rotatable bonds is 3. The highest BCUT2D eigenvalue weighted by molar-refractivity contribution is 7.90. The number of aromatic nitrogens is 2. The monoisotopic (exact) mass is 367 g/mol. The van der Waals surface area contributed by atoms with Gasteiger partial charge in [-0.1, -0.05) is 35.9 Å². The van der Waals surface area contributed by atoms with Crippen LogP contribution in [0.2, 0.25) is 0 Å². The second-order valence-corrected chi connectivity index (χ2v) is 8.44. The summed E-state index contributed by atoms with van der Waals surface area (Å²) in [5.74, 6) is -0.0988. The Hall–Kier alpha value is -2.93. The van der Waals surface area contributed by atoms with Crippen molar-refractivity contribution in [3.63, 3.8) is 0 Å². The van der Waals surface area contributed by atoms with Gasteiger partial charge in [0.1, 0.15) is 5.82 Å². The molecule has 0 bridgehead atoms. The van der Waals surface area contributed by atoms with E-state index in [1.807, 2.05) is 37.3 Å². The number of carbonyl (C=O) groups is 1. The first-order chi connectivity index (χ1) is 12.4. The minimum Gasteiger partial charge on any atom is -0.306 e. The van der Waals surface area contributed by atoms with E-state index in [1.54, 1.807) is 28.9 Å². The third kappa shape index (κ3) is 3.01. The number of fused-ring (bicyclic) bond motifs is 1. The molecule has 2 aromatic carbocycles. The highest BCUT2D eigenvalue weighted by Crippen LogP contribution is 2.33. The zero-order valence-electron chi connectivity index (χ0n) is 14.1. The summed E-state index contributed by atoms with van der Waals surface area (Å²) >= 11 is 0. The average Bonchev–Trinajstić information content (AvgIpc) is 3.09. The molecule has 3 aromatic rings. The maximum atomic E-state index is 12.6. The molecular weight excluding hydrogens is 350 g/mol. The Morgan fingerprint density at radius 1 is 1.04 bits per heavy atom. The molecule has 1 aromatic heterocycles. The standard InChI is InChI=1S/C19H17N3O3S/c1-13-7-9-15(10-8-13)22-18(16-11-26(24,25)12-17(16)21-22)20-19(23)14-5-3-2-4-6-14/h2-10H,11-12H2,1H3,(H,20,23). The van der Waals surface area contributed by atoms with Crippen LogP contribution in [-0.4, -0.2) is 24.1 Å². The number of hydrogen-bond donors (Lipinski definition) is 1. The Balaban J connectivity index is 1.79. The van der Waals surface area contributed by atoms with Crippen LogP contribution in [-0.2, 0) is 21.3 Å². The average molecular weight is 367 g/mol. The van der Waals surface area contributed by atoms with E-state index >= 15 is 0 Å². The lowest BCUT2D eigenvalue weighted by Crippen LogP contribution is -2.16. The lowest BCUT2D eigenvalue weighted by molar-refractivity contribution is 0.102. The zero-order chi connectivity index (χ0) is 18.3. The molecule has 1 amide bonds. The van der Waals surface area contributed by atoms with E-state index in [4.69, 9.17) is 0 Å². The Labute approximate surface area is 151 Å². The van der Waals surface area contributed by atoms with E-state index in [2.05, 4.69) is 10.4 Å². The fourth-order valence-electron chi connectivity index (χ4n) is 3.01. The first-order valence-corrected chi connectivity index (χ1v) is 10.00. The molecule has 0 aliphatic carbocycles. The van der Waals surface area contributed by atoms with Crippen LogP contribution < -0.4 is 5.32 Å². The molecule has 0 unspecified atom stereocenters. The zero-order valence-corrected chi connectivity index (χ0v) is 15.0. The molecule has 4 rings (SSSR count). The van der Waals surface area contributed by atoms with Gasteiger partial charge in [0, 0.05) is 11.1 Å². The van der Waals surface area contributed by atoms with Crippen molar-refractivity contribution < 1.29 is 13.2 Å². The van der Waals surface area contributed by atoms with E-state index < -0.39 is 9.84 Å². The first kappa shape index (κ1) is 16.5. The van der Waals surface area contributed by atoms with Gasteiger partial charge >= 0.3 is 0 Å². The Kier molecular flexibility index (Phi) is 3.88. The molecule has 132 valence electrons. The van der Waals surface area contributed by atoms with Crippen LogP contribution in [0.15, 0.2) is 54.6 Å². The molecule has 0 saturated carbocycles. The van der Waals surface area contributed by atoms with Gasteiger partial charge in [0.15, 0.2) is 9.84 Å². The Bertz CT molecular complexity index is 1090. The van der Waals surface area contributed by atoms with Gasteiger partial charge in [-0.05, 0) is 31.2 Å². The maximum Gasteiger partial charge on any atom is 0.256 e. The lowest BCUT2D eigenvalue weighted by atomic mass is 10.2. The van der Waals surface area contributed by atoms with Gasteiger partial charge in [-0.2, -0.15) is 5.10 Å². The number of nitrogens with zero attached hydrogens (tertiary/aromatic N) is 2. The minimum atomic E-state index is -3.22. The van der Waals surface area contributed by atoms with Crippen molar-refractivity contribution in [2.24, 2.45) is 0 Å². The second kappa shape index (κ2) is 6.10. The summed E-state index contributed by atoms with van der Waals surface area (Å²) in [5, 5.41) is 7.31. The quantitative estimate of drug-likeness (QED) is 0.772. The summed E-state index contributed by atoms with van der Waals surface area (Å²) < 4.78 is 25.6.